The summed E-state index contributed by atoms with van der Waals surface area (Å²) in [7, 11) is 0. The average Bonchev–Trinajstić information content (AvgIpc) is 3.17. The smallest absolute Gasteiger partial charge is 0.259 e. The number of halogens is 1. The quantitative estimate of drug-likeness (QED) is 0.690. The fraction of sp³-hybridized carbons (Fsp3) is 0.522. The molecule has 1 saturated heterocycles. The summed E-state index contributed by atoms with van der Waals surface area (Å²) in [5.41, 5.74) is 2.33. The number of aliphatic hydroxyl groups excluding tert-OH is 1. The Morgan fingerprint density at radius 1 is 1.26 bits per heavy atom. The van der Waals surface area contributed by atoms with Crippen molar-refractivity contribution in [1.29, 1.82) is 0 Å². The minimum absolute atomic E-state index is 0.0918. The zero-order valence-corrected chi connectivity index (χ0v) is 17.7. The molecule has 0 saturated carbocycles. The van der Waals surface area contributed by atoms with Crippen LogP contribution in [0.3, 0.4) is 0 Å². The third-order valence-corrected chi connectivity index (χ3v) is 6.71. The largest absolute Gasteiger partial charge is 0.387 e. The molecule has 1 N–H and O–H groups in total. The van der Waals surface area contributed by atoms with Gasteiger partial charge in [0.25, 0.3) is 5.56 Å². The summed E-state index contributed by atoms with van der Waals surface area (Å²) < 4.78 is 20.5. The van der Waals surface area contributed by atoms with E-state index in [1.807, 2.05) is 6.92 Å². The second-order valence-corrected chi connectivity index (χ2v) is 8.74. The van der Waals surface area contributed by atoms with E-state index in [2.05, 4.69) is 15.0 Å². The lowest BCUT2D eigenvalue weighted by Crippen LogP contribution is -2.39. The number of hydrogen-bond donors (Lipinski definition) is 1. The van der Waals surface area contributed by atoms with Crippen molar-refractivity contribution < 1.29 is 14.0 Å². The van der Waals surface area contributed by atoms with Crippen molar-refractivity contribution in [2.75, 3.05) is 19.6 Å². The zero-order chi connectivity index (χ0) is 21.5. The SMILES string of the molecule is Cc1nc2n(c(=O)c1C(O)CN1CCC(c3noc4cc(F)ccc34)CC1)CCCC2. The molecule has 0 radical (unpaired) electrons. The molecule has 7 nitrogen and oxygen atoms in total. The first-order chi connectivity index (χ1) is 15.0. The molecular weight excluding hydrogens is 399 g/mol. The molecule has 1 fully saturated rings. The molecule has 1 unspecified atom stereocenters. The number of fused-ring (bicyclic) bond motifs is 2. The van der Waals surface area contributed by atoms with Gasteiger partial charge in [-0.05, 0) is 57.8 Å². The van der Waals surface area contributed by atoms with Gasteiger partial charge in [-0.25, -0.2) is 9.37 Å². The third-order valence-electron chi connectivity index (χ3n) is 6.71. The Bertz CT molecular complexity index is 1160. The van der Waals surface area contributed by atoms with Crippen LogP contribution in [0.5, 0.6) is 0 Å². The summed E-state index contributed by atoms with van der Waals surface area (Å²) in [5, 5.41) is 16.0. The van der Waals surface area contributed by atoms with Crippen LogP contribution in [0.1, 0.15) is 60.5 Å². The molecule has 0 aliphatic carbocycles. The van der Waals surface area contributed by atoms with Gasteiger partial charge in [0.1, 0.15) is 11.6 Å². The highest BCUT2D eigenvalue weighted by Crippen LogP contribution is 2.33. The van der Waals surface area contributed by atoms with Gasteiger partial charge in [-0.1, -0.05) is 5.16 Å². The van der Waals surface area contributed by atoms with Crippen molar-refractivity contribution in [2.45, 2.75) is 57.6 Å². The Labute approximate surface area is 179 Å². The van der Waals surface area contributed by atoms with Crippen LogP contribution in [-0.4, -0.2) is 44.3 Å². The van der Waals surface area contributed by atoms with E-state index in [4.69, 9.17) is 4.52 Å². The topological polar surface area (TPSA) is 84.4 Å². The van der Waals surface area contributed by atoms with Gasteiger partial charge in [0.15, 0.2) is 5.58 Å². The maximum atomic E-state index is 13.4. The van der Waals surface area contributed by atoms with Crippen LogP contribution in [0.25, 0.3) is 11.0 Å². The van der Waals surface area contributed by atoms with Crippen molar-refractivity contribution in [3.05, 3.63) is 57.1 Å². The molecule has 1 atom stereocenters. The van der Waals surface area contributed by atoms with E-state index in [1.54, 1.807) is 10.6 Å². The molecule has 0 bridgehead atoms. The third kappa shape index (κ3) is 3.78. The normalized spacial score (nSPS) is 18.9. The van der Waals surface area contributed by atoms with E-state index in [0.717, 1.165) is 62.1 Å². The van der Waals surface area contributed by atoms with E-state index < -0.39 is 6.10 Å². The standard InChI is InChI=1S/C23H27FN4O3/c1-14-21(23(30)28-9-3-2-4-20(28)25-14)18(29)13-27-10-7-15(8-11-27)22-17-6-5-16(24)12-19(17)31-26-22/h5-6,12,15,18,29H,2-4,7-11,13H2,1H3. The summed E-state index contributed by atoms with van der Waals surface area (Å²) >= 11 is 0. The van der Waals surface area contributed by atoms with Gasteiger partial charge in [0, 0.05) is 36.9 Å². The van der Waals surface area contributed by atoms with Crippen LogP contribution in [0.2, 0.25) is 0 Å². The predicted molar refractivity (Wildman–Crippen MR) is 114 cm³/mol. The number of benzene rings is 1. The van der Waals surface area contributed by atoms with Crippen LogP contribution in [0.15, 0.2) is 27.5 Å². The first-order valence-electron chi connectivity index (χ1n) is 11.1. The second-order valence-electron chi connectivity index (χ2n) is 8.74. The van der Waals surface area contributed by atoms with Crippen LogP contribution in [0.4, 0.5) is 4.39 Å². The molecule has 8 heteroatoms. The zero-order valence-electron chi connectivity index (χ0n) is 17.7. The molecule has 2 aromatic heterocycles. The Hall–Kier alpha value is -2.58. The number of piperidine rings is 1. The molecule has 0 spiro atoms. The molecule has 2 aliphatic rings. The Morgan fingerprint density at radius 3 is 2.87 bits per heavy atom. The molecule has 0 amide bonds. The predicted octanol–water partition coefficient (Wildman–Crippen LogP) is 3.08. The van der Waals surface area contributed by atoms with Gasteiger partial charge in [-0.15, -0.1) is 0 Å². The number of rotatable bonds is 4. The number of nitrogens with zero attached hydrogens (tertiary/aromatic N) is 4. The number of aliphatic hydroxyl groups is 1. The Balaban J connectivity index is 1.27. The lowest BCUT2D eigenvalue weighted by molar-refractivity contribution is 0.0945. The summed E-state index contributed by atoms with van der Waals surface area (Å²) in [5.74, 6) is 0.741. The monoisotopic (exact) mass is 426 g/mol. The summed E-state index contributed by atoms with van der Waals surface area (Å²) in [6.45, 7) is 4.49. The van der Waals surface area contributed by atoms with Gasteiger partial charge >= 0.3 is 0 Å². The van der Waals surface area contributed by atoms with Gasteiger partial charge in [-0.3, -0.25) is 9.36 Å². The molecular formula is C23H27FN4O3. The molecule has 1 aromatic carbocycles. The minimum atomic E-state index is -0.855. The molecule has 2 aliphatic heterocycles. The molecule has 164 valence electrons. The average molecular weight is 426 g/mol. The van der Waals surface area contributed by atoms with Gasteiger partial charge in [0.2, 0.25) is 0 Å². The highest BCUT2D eigenvalue weighted by atomic mass is 19.1. The van der Waals surface area contributed by atoms with Gasteiger partial charge < -0.3 is 14.5 Å². The summed E-state index contributed by atoms with van der Waals surface area (Å²) in [4.78, 5) is 19.8. The van der Waals surface area contributed by atoms with Crippen molar-refractivity contribution >= 4 is 11.0 Å². The van der Waals surface area contributed by atoms with Crippen LogP contribution < -0.4 is 5.56 Å². The first kappa shape index (κ1) is 20.3. The highest BCUT2D eigenvalue weighted by molar-refractivity contribution is 5.79. The van der Waals surface area contributed by atoms with Gasteiger partial charge in [-0.2, -0.15) is 0 Å². The molecule has 31 heavy (non-hydrogen) atoms. The fourth-order valence-electron chi connectivity index (χ4n) is 5.04. The highest BCUT2D eigenvalue weighted by Gasteiger charge is 2.28. The van der Waals surface area contributed by atoms with E-state index in [9.17, 15) is 14.3 Å². The lowest BCUT2D eigenvalue weighted by Gasteiger charge is -2.32. The Morgan fingerprint density at radius 2 is 2.06 bits per heavy atom. The van der Waals surface area contributed by atoms with Crippen LogP contribution in [0, 0.1) is 12.7 Å². The van der Waals surface area contributed by atoms with E-state index >= 15 is 0 Å². The summed E-state index contributed by atoms with van der Waals surface area (Å²) in [6, 6.07) is 4.53. The molecule has 5 rings (SSSR count). The number of hydrogen-bond acceptors (Lipinski definition) is 6. The number of likely N-dealkylation sites (tertiary alicyclic amines) is 1. The first-order valence-corrected chi connectivity index (χ1v) is 11.1. The van der Waals surface area contributed by atoms with E-state index in [0.29, 0.717) is 29.9 Å². The van der Waals surface area contributed by atoms with Crippen molar-refractivity contribution in [3.63, 3.8) is 0 Å². The van der Waals surface area contributed by atoms with Crippen LogP contribution >= 0.6 is 0 Å². The van der Waals surface area contributed by atoms with E-state index in [-0.39, 0.29) is 17.3 Å². The van der Waals surface area contributed by atoms with E-state index in [1.165, 1.54) is 12.1 Å². The Kier molecular flexibility index (Phi) is 5.35. The minimum Gasteiger partial charge on any atom is -0.387 e. The number of aromatic nitrogens is 3. The molecule has 4 heterocycles. The van der Waals surface area contributed by atoms with Gasteiger partial charge in [0.05, 0.1) is 23.1 Å². The summed E-state index contributed by atoms with van der Waals surface area (Å²) in [6.07, 6.45) is 3.73. The maximum absolute atomic E-state index is 13.4. The molecule has 3 aromatic rings. The second kappa shape index (κ2) is 8.16. The fourth-order valence-corrected chi connectivity index (χ4v) is 5.04. The lowest BCUT2D eigenvalue weighted by atomic mass is 9.91. The van der Waals surface area contributed by atoms with Crippen molar-refractivity contribution in [1.82, 2.24) is 19.6 Å². The van der Waals surface area contributed by atoms with Crippen molar-refractivity contribution in [3.8, 4) is 0 Å². The van der Waals surface area contributed by atoms with Crippen molar-refractivity contribution in [2.24, 2.45) is 0 Å². The maximum Gasteiger partial charge on any atom is 0.259 e. The van der Waals surface area contributed by atoms with Crippen LogP contribution in [-0.2, 0) is 13.0 Å². The number of aryl methyl sites for hydroxylation is 2. The number of β-amino-alcohol motifs (C(OH)–C–C–N with tert-alkyl or cyclic N) is 1.